The van der Waals surface area contributed by atoms with Crippen molar-refractivity contribution < 1.29 is 9.53 Å². The second-order valence-corrected chi connectivity index (χ2v) is 7.73. The number of ether oxygens (including phenoxy) is 1. The molecular formula is C19H17BrN2O3S. The number of nitrogens with zero attached hydrogens (tertiary/aromatic N) is 1. The maximum atomic E-state index is 12.2. The van der Waals surface area contributed by atoms with Gasteiger partial charge in [0.1, 0.15) is 0 Å². The Kier molecular flexibility index (Phi) is 5.78. The molecule has 1 unspecified atom stereocenters. The molecule has 0 aliphatic heterocycles. The van der Waals surface area contributed by atoms with Gasteiger partial charge in [-0.2, -0.15) is 0 Å². The normalized spacial score (nSPS) is 12.1. The lowest BCUT2D eigenvalue weighted by atomic mass is 10.2. The van der Waals surface area contributed by atoms with E-state index in [1.807, 2.05) is 31.2 Å². The molecule has 0 radical (unpaired) electrons. The van der Waals surface area contributed by atoms with Crippen LogP contribution in [0.2, 0.25) is 0 Å². The Labute approximate surface area is 163 Å². The predicted octanol–water partition coefficient (Wildman–Crippen LogP) is 4.39. The SMILES string of the molecule is Cc1cc(Br)ccc1SCC(=O)OC(C)c1nc2ccccc2c(=O)[nH]1. The number of aryl methyl sites for hydroxylation is 1. The number of thioether (sulfide) groups is 1. The molecule has 3 aromatic rings. The van der Waals surface area contributed by atoms with Crippen LogP contribution >= 0.6 is 27.7 Å². The monoisotopic (exact) mass is 432 g/mol. The molecule has 0 saturated heterocycles. The fraction of sp³-hybridized carbons (Fsp3) is 0.211. The first-order chi connectivity index (χ1) is 12.4. The molecule has 3 rings (SSSR count). The van der Waals surface area contributed by atoms with Crippen LogP contribution in [0.5, 0.6) is 0 Å². The van der Waals surface area contributed by atoms with Gasteiger partial charge in [0, 0.05) is 9.37 Å². The summed E-state index contributed by atoms with van der Waals surface area (Å²) < 4.78 is 6.43. The van der Waals surface area contributed by atoms with Crippen molar-refractivity contribution >= 4 is 44.6 Å². The number of esters is 1. The minimum atomic E-state index is -0.633. The third kappa shape index (κ3) is 4.34. The molecular weight excluding hydrogens is 416 g/mol. The molecule has 0 spiro atoms. The Morgan fingerprint density at radius 1 is 1.31 bits per heavy atom. The van der Waals surface area contributed by atoms with Gasteiger partial charge < -0.3 is 9.72 Å². The van der Waals surface area contributed by atoms with E-state index < -0.39 is 6.10 Å². The zero-order valence-corrected chi connectivity index (χ0v) is 16.7. The average molecular weight is 433 g/mol. The van der Waals surface area contributed by atoms with Crippen LogP contribution in [0.1, 0.15) is 24.4 Å². The van der Waals surface area contributed by atoms with Crippen LogP contribution in [0.15, 0.2) is 56.6 Å². The highest BCUT2D eigenvalue weighted by molar-refractivity contribution is 9.10. The standard InChI is InChI=1S/C19H17BrN2O3S/c1-11-9-13(20)7-8-16(11)26-10-17(23)25-12(2)18-21-15-6-4-3-5-14(15)19(24)22-18/h3-9,12H,10H2,1-2H3,(H,21,22,24). The molecule has 1 N–H and O–H groups in total. The zero-order chi connectivity index (χ0) is 18.7. The first-order valence-electron chi connectivity index (χ1n) is 8.01. The Bertz CT molecular complexity index is 1020. The van der Waals surface area contributed by atoms with Crippen molar-refractivity contribution in [3.63, 3.8) is 0 Å². The van der Waals surface area contributed by atoms with Crippen LogP contribution in [-0.4, -0.2) is 21.7 Å². The molecule has 0 aliphatic carbocycles. The molecule has 0 aliphatic rings. The van der Waals surface area contributed by atoms with E-state index in [1.54, 1.807) is 25.1 Å². The summed E-state index contributed by atoms with van der Waals surface area (Å²) >= 11 is 4.84. The number of nitrogens with one attached hydrogen (secondary N) is 1. The summed E-state index contributed by atoms with van der Waals surface area (Å²) in [6.45, 7) is 3.69. The van der Waals surface area contributed by atoms with Crippen molar-refractivity contribution in [3.05, 3.63) is 68.7 Å². The molecule has 1 heterocycles. The summed E-state index contributed by atoms with van der Waals surface area (Å²) in [4.78, 5) is 32.4. The fourth-order valence-corrected chi connectivity index (χ4v) is 3.76. The summed E-state index contributed by atoms with van der Waals surface area (Å²) in [5, 5.41) is 0.510. The molecule has 0 saturated carbocycles. The number of hydrogen-bond donors (Lipinski definition) is 1. The molecule has 0 fully saturated rings. The average Bonchev–Trinajstić information content (AvgIpc) is 2.61. The Morgan fingerprint density at radius 2 is 2.08 bits per heavy atom. The summed E-state index contributed by atoms with van der Waals surface area (Å²) in [5.74, 6) is 0.164. The molecule has 0 amide bonds. The van der Waals surface area contributed by atoms with Crippen molar-refractivity contribution in [2.75, 3.05) is 5.75 Å². The summed E-state index contributed by atoms with van der Waals surface area (Å²) in [6.07, 6.45) is -0.633. The summed E-state index contributed by atoms with van der Waals surface area (Å²) in [7, 11) is 0. The van der Waals surface area contributed by atoms with Gasteiger partial charge in [-0.05, 0) is 49.7 Å². The van der Waals surface area contributed by atoms with Crippen molar-refractivity contribution in [2.24, 2.45) is 0 Å². The number of aromatic amines is 1. The van der Waals surface area contributed by atoms with Crippen molar-refractivity contribution in [2.45, 2.75) is 24.8 Å². The maximum Gasteiger partial charge on any atom is 0.316 e. The van der Waals surface area contributed by atoms with Gasteiger partial charge in [-0.15, -0.1) is 11.8 Å². The minimum Gasteiger partial charge on any atom is -0.454 e. The lowest BCUT2D eigenvalue weighted by molar-refractivity contribution is -0.145. The number of benzene rings is 2. The van der Waals surface area contributed by atoms with Crippen molar-refractivity contribution in [3.8, 4) is 0 Å². The number of para-hydroxylation sites is 1. The minimum absolute atomic E-state index is 0.185. The summed E-state index contributed by atoms with van der Waals surface area (Å²) in [5.41, 5.74) is 1.42. The van der Waals surface area contributed by atoms with E-state index in [4.69, 9.17) is 4.74 Å². The Balaban J connectivity index is 1.66. The van der Waals surface area contributed by atoms with Gasteiger partial charge in [-0.1, -0.05) is 28.1 Å². The first-order valence-corrected chi connectivity index (χ1v) is 9.79. The molecule has 2 aromatic carbocycles. The topological polar surface area (TPSA) is 72.0 Å². The van der Waals surface area contributed by atoms with Crippen LogP contribution < -0.4 is 5.56 Å². The number of H-pyrrole nitrogens is 1. The van der Waals surface area contributed by atoms with Crippen LogP contribution in [0.25, 0.3) is 10.9 Å². The van der Waals surface area contributed by atoms with Crippen LogP contribution in [0, 0.1) is 6.92 Å². The van der Waals surface area contributed by atoms with Crippen LogP contribution in [0.4, 0.5) is 0 Å². The number of halogens is 1. The lowest BCUT2D eigenvalue weighted by Gasteiger charge is -2.13. The number of carbonyl (C=O) groups excluding carboxylic acids is 1. The predicted molar refractivity (Wildman–Crippen MR) is 106 cm³/mol. The number of carbonyl (C=O) groups is 1. The molecule has 1 atom stereocenters. The van der Waals surface area contributed by atoms with Crippen LogP contribution in [-0.2, 0) is 9.53 Å². The Morgan fingerprint density at radius 3 is 2.85 bits per heavy atom. The van der Waals surface area contributed by atoms with Gasteiger partial charge in [-0.25, -0.2) is 4.98 Å². The molecule has 134 valence electrons. The molecule has 1 aromatic heterocycles. The summed E-state index contributed by atoms with van der Waals surface area (Å²) in [6, 6.07) is 13.0. The van der Waals surface area contributed by atoms with E-state index in [0.29, 0.717) is 16.7 Å². The van der Waals surface area contributed by atoms with E-state index in [-0.39, 0.29) is 17.3 Å². The molecule has 5 nitrogen and oxygen atoms in total. The van der Waals surface area contributed by atoms with Gasteiger partial charge in [0.25, 0.3) is 5.56 Å². The molecule has 0 bridgehead atoms. The third-order valence-electron chi connectivity index (χ3n) is 3.81. The van der Waals surface area contributed by atoms with Gasteiger partial charge in [-0.3, -0.25) is 9.59 Å². The number of fused-ring (bicyclic) bond motifs is 1. The largest absolute Gasteiger partial charge is 0.454 e. The molecule has 7 heteroatoms. The zero-order valence-electron chi connectivity index (χ0n) is 14.3. The Hall–Kier alpha value is -2.12. The van der Waals surface area contributed by atoms with Gasteiger partial charge in [0.05, 0.1) is 16.7 Å². The third-order valence-corrected chi connectivity index (χ3v) is 5.45. The van der Waals surface area contributed by atoms with E-state index in [2.05, 4.69) is 25.9 Å². The van der Waals surface area contributed by atoms with Gasteiger partial charge in [0.15, 0.2) is 11.9 Å². The number of hydrogen-bond acceptors (Lipinski definition) is 5. The quantitative estimate of drug-likeness (QED) is 0.477. The van der Waals surface area contributed by atoms with E-state index in [9.17, 15) is 9.59 Å². The first kappa shape index (κ1) is 18.7. The second kappa shape index (κ2) is 8.05. The smallest absolute Gasteiger partial charge is 0.316 e. The van der Waals surface area contributed by atoms with E-state index >= 15 is 0 Å². The second-order valence-electron chi connectivity index (χ2n) is 5.80. The van der Waals surface area contributed by atoms with Crippen LogP contribution in [0.3, 0.4) is 0 Å². The highest BCUT2D eigenvalue weighted by Gasteiger charge is 2.16. The fourth-order valence-electron chi connectivity index (χ4n) is 2.50. The maximum absolute atomic E-state index is 12.2. The number of aromatic nitrogens is 2. The van der Waals surface area contributed by atoms with E-state index in [1.165, 1.54) is 11.8 Å². The highest BCUT2D eigenvalue weighted by Crippen LogP contribution is 2.26. The highest BCUT2D eigenvalue weighted by atomic mass is 79.9. The molecule has 26 heavy (non-hydrogen) atoms. The van der Waals surface area contributed by atoms with Crippen molar-refractivity contribution in [1.82, 2.24) is 9.97 Å². The van der Waals surface area contributed by atoms with Gasteiger partial charge >= 0.3 is 5.97 Å². The number of rotatable bonds is 5. The van der Waals surface area contributed by atoms with Gasteiger partial charge in [0.2, 0.25) is 0 Å². The van der Waals surface area contributed by atoms with Crippen molar-refractivity contribution in [1.29, 1.82) is 0 Å². The van der Waals surface area contributed by atoms with E-state index in [0.717, 1.165) is 14.9 Å². The lowest BCUT2D eigenvalue weighted by Crippen LogP contribution is -2.18.